The molecule has 146 valence electrons. The van der Waals surface area contributed by atoms with Crippen LogP contribution in [0.4, 0.5) is 0 Å². The third-order valence-corrected chi connectivity index (χ3v) is 5.83. The van der Waals surface area contributed by atoms with E-state index in [1.54, 1.807) is 0 Å². The zero-order valence-corrected chi connectivity index (χ0v) is 17.1. The van der Waals surface area contributed by atoms with Crippen molar-refractivity contribution in [3.05, 3.63) is 35.5 Å². The lowest BCUT2D eigenvalue weighted by atomic mass is 9.94. The molecular weight excluding hydrogens is 334 g/mol. The van der Waals surface area contributed by atoms with Gasteiger partial charge in [0.1, 0.15) is 0 Å². The molecule has 1 fully saturated rings. The summed E-state index contributed by atoms with van der Waals surface area (Å²) in [5.41, 5.74) is 4.03. The molecule has 4 nitrogen and oxygen atoms in total. The minimum atomic E-state index is -0.177. The lowest BCUT2D eigenvalue weighted by Gasteiger charge is -2.26. The van der Waals surface area contributed by atoms with E-state index in [-0.39, 0.29) is 24.0 Å². The molecule has 2 aliphatic rings. The van der Waals surface area contributed by atoms with Crippen molar-refractivity contribution in [1.29, 1.82) is 0 Å². The van der Waals surface area contributed by atoms with Crippen molar-refractivity contribution in [2.24, 2.45) is 11.8 Å². The molecule has 2 atom stereocenters. The van der Waals surface area contributed by atoms with Gasteiger partial charge in [-0.3, -0.25) is 10.1 Å². The Bertz CT molecular complexity index is 832. The fraction of sp³-hybridized carbons (Fsp3) is 0.609. The van der Waals surface area contributed by atoms with Crippen LogP contribution in [0.1, 0.15) is 64.1 Å². The van der Waals surface area contributed by atoms with Crippen LogP contribution < -0.4 is 10.6 Å². The first-order valence-corrected chi connectivity index (χ1v) is 10.6. The highest BCUT2D eigenvalue weighted by Crippen LogP contribution is 2.38. The molecule has 1 amide bonds. The summed E-state index contributed by atoms with van der Waals surface area (Å²) in [6.45, 7) is 9.69. The van der Waals surface area contributed by atoms with Crippen LogP contribution in [0.2, 0.25) is 0 Å². The fourth-order valence-corrected chi connectivity index (χ4v) is 4.48. The van der Waals surface area contributed by atoms with Crippen LogP contribution in [0, 0.1) is 11.8 Å². The third-order valence-electron chi connectivity index (χ3n) is 5.83. The number of carbonyl (C=O) groups is 1. The lowest BCUT2D eigenvalue weighted by molar-refractivity contribution is -0.123. The Hall–Kier alpha value is -1.81. The summed E-state index contributed by atoms with van der Waals surface area (Å²) in [4.78, 5) is 12.9. The van der Waals surface area contributed by atoms with Gasteiger partial charge in [-0.15, -0.1) is 0 Å². The number of amides is 1. The van der Waals surface area contributed by atoms with Gasteiger partial charge in [0.25, 0.3) is 0 Å². The Morgan fingerprint density at radius 2 is 2.04 bits per heavy atom. The zero-order chi connectivity index (χ0) is 19.1. The van der Waals surface area contributed by atoms with E-state index < -0.39 is 0 Å². The highest BCUT2D eigenvalue weighted by atomic mass is 16.2. The Balaban J connectivity index is 1.76. The molecule has 4 rings (SSSR count). The average molecular weight is 368 g/mol. The molecule has 4 heteroatoms. The largest absolute Gasteiger partial charge is 0.353 e. The van der Waals surface area contributed by atoms with Crippen molar-refractivity contribution >= 4 is 16.8 Å². The first-order valence-electron chi connectivity index (χ1n) is 10.6. The molecule has 0 saturated heterocycles. The van der Waals surface area contributed by atoms with E-state index in [1.165, 1.54) is 34.9 Å². The summed E-state index contributed by atoms with van der Waals surface area (Å²) in [6, 6.07) is 6.90. The smallest absolute Gasteiger partial charge is 0.237 e. The van der Waals surface area contributed by atoms with E-state index in [2.05, 4.69) is 53.4 Å². The average Bonchev–Trinajstić information content (AvgIpc) is 3.35. The molecule has 2 unspecified atom stereocenters. The predicted molar refractivity (Wildman–Crippen MR) is 111 cm³/mol. The summed E-state index contributed by atoms with van der Waals surface area (Å²) >= 11 is 0. The van der Waals surface area contributed by atoms with E-state index in [4.69, 9.17) is 0 Å². The predicted octanol–water partition coefficient (Wildman–Crippen LogP) is 4.18. The Labute approximate surface area is 162 Å². The highest BCUT2D eigenvalue weighted by molar-refractivity contribution is 5.90. The number of hydrogen-bond acceptors (Lipinski definition) is 2. The molecule has 2 heterocycles. The van der Waals surface area contributed by atoms with Crippen LogP contribution in [0.15, 0.2) is 24.4 Å². The van der Waals surface area contributed by atoms with Gasteiger partial charge in [-0.2, -0.15) is 0 Å². The van der Waals surface area contributed by atoms with Crippen LogP contribution in [0.25, 0.3) is 10.9 Å². The summed E-state index contributed by atoms with van der Waals surface area (Å²) in [7, 11) is 0. The van der Waals surface area contributed by atoms with Crippen LogP contribution in [-0.2, 0) is 17.8 Å². The van der Waals surface area contributed by atoms with Crippen molar-refractivity contribution in [1.82, 2.24) is 15.2 Å². The van der Waals surface area contributed by atoms with Gasteiger partial charge in [-0.1, -0.05) is 26.0 Å². The number of rotatable bonds is 6. The van der Waals surface area contributed by atoms with Gasteiger partial charge in [-0.05, 0) is 68.6 Å². The molecule has 2 N–H and O–H groups in total. The van der Waals surface area contributed by atoms with Crippen molar-refractivity contribution < 1.29 is 4.79 Å². The third kappa shape index (κ3) is 3.91. The molecule has 0 spiro atoms. The number of nitrogens with one attached hydrogen (secondary N) is 2. The second-order valence-corrected chi connectivity index (χ2v) is 9.26. The first kappa shape index (κ1) is 18.5. The van der Waals surface area contributed by atoms with Crippen LogP contribution in [0.5, 0.6) is 0 Å². The van der Waals surface area contributed by atoms with Gasteiger partial charge in [0, 0.05) is 35.7 Å². The molecule has 27 heavy (non-hydrogen) atoms. The normalized spacial score (nSPS) is 22.4. The summed E-state index contributed by atoms with van der Waals surface area (Å²) < 4.78 is 2.45. The molecule has 1 aliphatic heterocycles. The minimum absolute atomic E-state index is 0.120. The van der Waals surface area contributed by atoms with Crippen LogP contribution in [-0.4, -0.2) is 22.6 Å². The van der Waals surface area contributed by atoms with E-state index in [1.807, 2.05) is 13.8 Å². The maximum atomic E-state index is 12.9. The maximum absolute atomic E-state index is 12.9. The van der Waals surface area contributed by atoms with Gasteiger partial charge in [0.15, 0.2) is 0 Å². The summed E-state index contributed by atoms with van der Waals surface area (Å²) in [5, 5.41) is 8.20. The number of hydrogen-bond donors (Lipinski definition) is 2. The fourth-order valence-electron chi connectivity index (χ4n) is 4.48. The molecule has 1 saturated carbocycles. The lowest BCUT2D eigenvalue weighted by Crippen LogP contribution is -2.48. The van der Waals surface area contributed by atoms with Crippen molar-refractivity contribution in [2.45, 2.75) is 78.0 Å². The van der Waals surface area contributed by atoms with Crippen molar-refractivity contribution in [3.63, 3.8) is 0 Å². The van der Waals surface area contributed by atoms with Gasteiger partial charge in [-0.25, -0.2) is 0 Å². The highest BCUT2D eigenvalue weighted by Gasteiger charge is 2.31. The monoisotopic (exact) mass is 367 g/mol. The summed E-state index contributed by atoms with van der Waals surface area (Å²) in [6.07, 6.45) is 6.83. The zero-order valence-electron chi connectivity index (χ0n) is 17.1. The Morgan fingerprint density at radius 1 is 1.26 bits per heavy atom. The van der Waals surface area contributed by atoms with Gasteiger partial charge in [0.05, 0.1) is 6.04 Å². The van der Waals surface area contributed by atoms with Gasteiger partial charge >= 0.3 is 0 Å². The van der Waals surface area contributed by atoms with Crippen LogP contribution in [0.3, 0.4) is 0 Å². The second-order valence-electron chi connectivity index (χ2n) is 9.26. The molecule has 1 aliphatic carbocycles. The number of benzene rings is 1. The maximum Gasteiger partial charge on any atom is 0.237 e. The molecule has 0 radical (unpaired) electrons. The second kappa shape index (κ2) is 7.31. The van der Waals surface area contributed by atoms with E-state index in [0.29, 0.717) is 5.92 Å². The van der Waals surface area contributed by atoms with E-state index in [9.17, 15) is 4.79 Å². The standard InChI is InChI=1S/C23H33N3O/c1-14(2)10-19-18-6-5-7-21-22(18)17(13-26(21)12-16-8-9-16)11-20(25-19)23(27)24-15(3)4/h5-7,13-16,19-20,25H,8-12H2,1-4H3,(H,24,27). The number of aromatic nitrogens is 1. The van der Waals surface area contributed by atoms with Gasteiger partial charge < -0.3 is 9.88 Å². The Morgan fingerprint density at radius 3 is 2.70 bits per heavy atom. The first-order chi connectivity index (χ1) is 12.9. The molecular formula is C23H33N3O. The number of carbonyl (C=O) groups excluding carboxylic acids is 1. The SMILES string of the molecule is CC(C)CC1NC(C(=O)NC(C)C)Cc2cn(CC3CC3)c3cccc1c23. The molecule has 1 aromatic heterocycles. The Kier molecular flexibility index (Phi) is 5.02. The summed E-state index contributed by atoms with van der Waals surface area (Å²) in [5.74, 6) is 1.53. The topological polar surface area (TPSA) is 46.1 Å². The quantitative estimate of drug-likeness (QED) is 0.805. The number of nitrogens with zero attached hydrogens (tertiary/aromatic N) is 1. The van der Waals surface area contributed by atoms with Gasteiger partial charge in [0.2, 0.25) is 5.91 Å². The van der Waals surface area contributed by atoms with Crippen LogP contribution >= 0.6 is 0 Å². The molecule has 2 aromatic rings. The van der Waals surface area contributed by atoms with Crippen molar-refractivity contribution in [2.75, 3.05) is 0 Å². The van der Waals surface area contributed by atoms with Crippen molar-refractivity contribution in [3.8, 4) is 0 Å². The van der Waals surface area contributed by atoms with E-state index in [0.717, 1.165) is 25.3 Å². The minimum Gasteiger partial charge on any atom is -0.353 e. The van der Waals surface area contributed by atoms with E-state index >= 15 is 0 Å². The molecule has 1 aromatic carbocycles. The molecule has 0 bridgehead atoms.